The minimum absolute atomic E-state index is 0.0688. The Bertz CT molecular complexity index is 817. The molecule has 1 heterocycles. The highest BCUT2D eigenvalue weighted by Gasteiger charge is 2.73. The van der Waals surface area contributed by atoms with Gasteiger partial charge in [-0.25, -0.2) is 0 Å². The molecule has 0 radical (unpaired) electrons. The molecule has 1 saturated heterocycles. The maximum atomic E-state index is 13.7. The second-order valence-electron chi connectivity index (χ2n) is 9.61. The van der Waals surface area contributed by atoms with Crippen molar-refractivity contribution < 1.29 is 22.2 Å². The van der Waals surface area contributed by atoms with Crippen molar-refractivity contribution in [2.24, 2.45) is 34.0 Å². The van der Waals surface area contributed by atoms with Crippen LogP contribution in [0.3, 0.4) is 0 Å². The number of carbonyl (C=O) groups excluding carboxylic acids is 2. The van der Waals surface area contributed by atoms with E-state index in [-0.39, 0.29) is 53.4 Å². The maximum absolute atomic E-state index is 13.7. The second kappa shape index (κ2) is 5.49. The summed E-state index contributed by atoms with van der Waals surface area (Å²) in [5, 5.41) is 0. The van der Waals surface area contributed by atoms with E-state index in [0.29, 0.717) is 17.6 Å². The van der Waals surface area contributed by atoms with Crippen molar-refractivity contribution in [3.8, 4) is 0 Å². The number of ketones is 2. The van der Waals surface area contributed by atoms with Crippen LogP contribution >= 0.6 is 0 Å². The van der Waals surface area contributed by atoms with Crippen molar-refractivity contribution in [1.29, 1.82) is 0 Å². The van der Waals surface area contributed by atoms with Crippen LogP contribution in [0.2, 0.25) is 0 Å². The van der Waals surface area contributed by atoms with E-state index in [1.165, 1.54) is 0 Å². The molecular weight excluding hydrogens is 364 g/mol. The first-order valence-electron chi connectivity index (χ1n) is 9.92. The van der Waals surface area contributed by atoms with E-state index < -0.39 is 16.8 Å². The topological polar surface area (TPSA) is 69.7 Å². The summed E-state index contributed by atoms with van der Waals surface area (Å²) in [4.78, 5) is 27.0. The van der Waals surface area contributed by atoms with Gasteiger partial charge in [-0.15, -0.1) is 0 Å². The molecule has 0 amide bonds. The predicted molar refractivity (Wildman–Crippen MR) is 99.5 cm³/mol. The van der Waals surface area contributed by atoms with Gasteiger partial charge in [-0.3, -0.25) is 18.0 Å². The normalized spacial score (nSPS) is 52.0. The third-order valence-electron chi connectivity index (χ3n) is 8.50. The predicted octanol–water partition coefficient (Wildman–Crippen LogP) is 3.09. The summed E-state index contributed by atoms with van der Waals surface area (Å²) >= 11 is -1.79. The molecule has 1 spiro atoms. The summed E-state index contributed by atoms with van der Waals surface area (Å²) in [6.45, 7) is 10.9. The molecule has 0 aromatic heterocycles. The Hall–Kier alpha value is -1.11. The van der Waals surface area contributed by atoms with Crippen LogP contribution in [0, 0.1) is 34.0 Å². The fourth-order valence-electron chi connectivity index (χ4n) is 7.49. The first-order valence-corrected chi connectivity index (χ1v) is 10.9. The van der Waals surface area contributed by atoms with E-state index >= 15 is 0 Å². The third-order valence-corrected chi connectivity index (χ3v) is 9.12. The zero-order chi connectivity index (χ0) is 19.2. The summed E-state index contributed by atoms with van der Waals surface area (Å²) in [7, 11) is 0. The van der Waals surface area contributed by atoms with Crippen molar-refractivity contribution in [2.45, 2.75) is 45.4 Å². The van der Waals surface area contributed by atoms with Crippen LogP contribution in [0.1, 0.15) is 45.4 Å². The van der Waals surface area contributed by atoms with Crippen molar-refractivity contribution in [1.82, 2.24) is 0 Å². The summed E-state index contributed by atoms with van der Waals surface area (Å²) < 4.78 is 23.2. The van der Waals surface area contributed by atoms with Crippen LogP contribution in [0.15, 0.2) is 24.3 Å². The van der Waals surface area contributed by atoms with Crippen LogP contribution in [0.25, 0.3) is 0 Å². The molecule has 6 fully saturated rings. The maximum Gasteiger partial charge on any atom is 0.304 e. The first kappa shape index (κ1) is 18.0. The van der Waals surface area contributed by atoms with E-state index in [4.69, 9.17) is 8.37 Å². The lowest BCUT2D eigenvalue weighted by Crippen LogP contribution is -2.70. The molecule has 6 aliphatic rings. The zero-order valence-electron chi connectivity index (χ0n) is 15.8. The quantitative estimate of drug-likeness (QED) is 0.470. The Balaban J connectivity index is 1.74. The molecule has 5 saturated carbocycles. The van der Waals surface area contributed by atoms with Crippen molar-refractivity contribution in [2.75, 3.05) is 13.2 Å². The molecule has 27 heavy (non-hydrogen) atoms. The number of hydrogen-bond donors (Lipinski definition) is 0. The van der Waals surface area contributed by atoms with Crippen LogP contribution in [-0.2, 0) is 29.3 Å². The highest BCUT2D eigenvalue weighted by Crippen LogP contribution is 2.71. The standard InChI is InChI=1S/C21H26O5S/c1-12-14-5-8-21(17(12)22)15(9-14)20-7-4-6-19(3,10-25-27(24)26-11-20)16(20)13(2)18(21)23/h14-16H,1-2,4-11H2,3H3/t14-,15?,16?,19-,20?,21?,27?/m0/s1. The van der Waals surface area contributed by atoms with Crippen LogP contribution in [-0.4, -0.2) is 29.0 Å². The van der Waals surface area contributed by atoms with E-state index in [1.807, 2.05) is 0 Å². The molecule has 1 aliphatic heterocycles. The zero-order valence-corrected chi connectivity index (χ0v) is 16.6. The highest BCUT2D eigenvalue weighted by atomic mass is 32.2. The van der Waals surface area contributed by atoms with Gasteiger partial charge in [0.2, 0.25) is 0 Å². The lowest BCUT2D eigenvalue weighted by Gasteiger charge is -2.67. The summed E-state index contributed by atoms with van der Waals surface area (Å²) in [6.07, 6.45) is 4.98. The number of fused-ring (bicyclic) bond motifs is 2. The van der Waals surface area contributed by atoms with Crippen LogP contribution in [0.4, 0.5) is 0 Å². The van der Waals surface area contributed by atoms with Crippen LogP contribution in [0.5, 0.6) is 0 Å². The van der Waals surface area contributed by atoms with Gasteiger partial charge in [-0.1, -0.05) is 26.5 Å². The number of allylic oxidation sites excluding steroid dienone is 2. The molecule has 7 atom stereocenters. The monoisotopic (exact) mass is 390 g/mol. The van der Waals surface area contributed by atoms with Gasteiger partial charge >= 0.3 is 11.4 Å². The van der Waals surface area contributed by atoms with Gasteiger partial charge < -0.3 is 0 Å². The largest absolute Gasteiger partial charge is 0.304 e. The van der Waals surface area contributed by atoms with Gasteiger partial charge in [0, 0.05) is 11.3 Å². The highest BCUT2D eigenvalue weighted by molar-refractivity contribution is 7.75. The Labute approximate surface area is 162 Å². The number of hydrogen-bond acceptors (Lipinski definition) is 5. The summed E-state index contributed by atoms with van der Waals surface area (Å²) in [5.41, 5.74) is -0.557. The molecular formula is C21H26O5S. The lowest BCUT2D eigenvalue weighted by atomic mass is 9.35. The number of rotatable bonds is 0. The molecule has 146 valence electrons. The third kappa shape index (κ3) is 1.99. The van der Waals surface area contributed by atoms with Gasteiger partial charge in [0.05, 0.1) is 18.6 Å². The molecule has 6 heteroatoms. The van der Waals surface area contributed by atoms with Gasteiger partial charge in [-0.2, -0.15) is 4.21 Å². The SMILES string of the molecule is C=C1C(=O)C23CC[C@@H](CC2C24CCC[C@@](C)(COS(=O)OC2)C14)C(=C)C3=O. The molecule has 0 aromatic carbocycles. The van der Waals surface area contributed by atoms with Crippen molar-refractivity contribution in [3.05, 3.63) is 24.3 Å². The average Bonchev–Trinajstić information content (AvgIpc) is 2.66. The summed E-state index contributed by atoms with van der Waals surface area (Å²) in [5.74, 6) is -0.175. The van der Waals surface area contributed by atoms with Gasteiger partial charge in [0.25, 0.3) is 0 Å². The van der Waals surface area contributed by atoms with E-state index in [2.05, 4.69) is 20.1 Å². The molecule has 5 aliphatic carbocycles. The van der Waals surface area contributed by atoms with Crippen molar-refractivity contribution >= 4 is 22.9 Å². The molecule has 0 N–H and O–H groups in total. The fourth-order valence-corrected chi connectivity index (χ4v) is 8.24. The Morgan fingerprint density at radius 3 is 2.52 bits per heavy atom. The van der Waals surface area contributed by atoms with Crippen molar-refractivity contribution in [3.63, 3.8) is 0 Å². The number of Topliss-reactive ketones (excluding diaryl/α,β-unsaturated/α-hetero) is 2. The number of carbonyl (C=O) groups is 2. The van der Waals surface area contributed by atoms with Gasteiger partial charge in [-0.05, 0) is 60.5 Å². The smallest absolute Gasteiger partial charge is 0.293 e. The molecule has 6 rings (SSSR count). The Morgan fingerprint density at radius 1 is 1.04 bits per heavy atom. The van der Waals surface area contributed by atoms with E-state index in [0.717, 1.165) is 32.1 Å². The van der Waals surface area contributed by atoms with Crippen LogP contribution < -0.4 is 0 Å². The van der Waals surface area contributed by atoms with Gasteiger partial charge in [0.1, 0.15) is 0 Å². The lowest BCUT2D eigenvalue weighted by molar-refractivity contribution is -0.188. The van der Waals surface area contributed by atoms with E-state index in [9.17, 15) is 13.8 Å². The second-order valence-corrected chi connectivity index (χ2v) is 10.5. The Kier molecular flexibility index (Phi) is 3.65. The summed E-state index contributed by atoms with van der Waals surface area (Å²) in [6, 6.07) is 0. The minimum Gasteiger partial charge on any atom is -0.293 e. The minimum atomic E-state index is -1.79. The average molecular weight is 391 g/mol. The molecule has 0 aromatic rings. The molecule has 5 unspecified atom stereocenters. The molecule has 4 bridgehead atoms. The van der Waals surface area contributed by atoms with Gasteiger partial charge in [0.15, 0.2) is 11.6 Å². The molecule has 5 nitrogen and oxygen atoms in total. The Morgan fingerprint density at radius 2 is 1.74 bits per heavy atom. The fraction of sp³-hybridized carbons (Fsp3) is 0.714. The van der Waals surface area contributed by atoms with E-state index in [1.54, 1.807) is 0 Å². The first-order chi connectivity index (χ1) is 12.8.